The van der Waals surface area contributed by atoms with Gasteiger partial charge in [0.15, 0.2) is 16.3 Å². The smallest absolute Gasteiger partial charge is 0.268 e. The highest BCUT2D eigenvalue weighted by atomic mass is 35.7. The number of methoxy groups -OCH3 is 1. The third-order valence-corrected chi connectivity index (χ3v) is 3.13. The monoisotopic (exact) mass is 282 g/mol. The van der Waals surface area contributed by atoms with Crippen LogP contribution >= 0.6 is 10.7 Å². The van der Waals surface area contributed by atoms with Gasteiger partial charge in [0.2, 0.25) is 0 Å². The molecule has 0 amide bonds. The Labute approximate surface area is 100 Å². The third-order valence-electron chi connectivity index (χ3n) is 1.81. The molecule has 9 heteroatoms. The van der Waals surface area contributed by atoms with Gasteiger partial charge in [0.05, 0.1) is 12.7 Å². The van der Waals surface area contributed by atoms with Gasteiger partial charge in [-0.05, 0) is 0 Å². The van der Waals surface area contributed by atoms with Crippen molar-refractivity contribution in [2.75, 3.05) is 7.11 Å². The van der Waals surface area contributed by atoms with Gasteiger partial charge >= 0.3 is 0 Å². The molecule has 92 valence electrons. The Kier molecular flexibility index (Phi) is 3.85. The summed E-state index contributed by atoms with van der Waals surface area (Å²) in [7, 11) is 1.64. The van der Waals surface area contributed by atoms with Crippen molar-refractivity contribution in [1.29, 1.82) is 5.26 Å². The van der Waals surface area contributed by atoms with Crippen LogP contribution in [0.2, 0.25) is 0 Å². The second-order valence-electron chi connectivity index (χ2n) is 2.77. The fourth-order valence-corrected chi connectivity index (χ4v) is 2.34. The van der Waals surface area contributed by atoms with Crippen LogP contribution < -0.4 is 4.74 Å². The van der Waals surface area contributed by atoms with E-state index in [0.29, 0.717) is 6.20 Å². The number of nitriles is 1. The van der Waals surface area contributed by atoms with Gasteiger partial charge in [-0.15, -0.1) is 0 Å². The Morgan fingerprint density at radius 1 is 1.59 bits per heavy atom. The number of rotatable bonds is 3. The number of ether oxygens (including phenoxy) is 1. The molecule has 1 aromatic heterocycles. The predicted molar refractivity (Wildman–Crippen MR) is 53.5 cm³/mol. The quantitative estimate of drug-likeness (QED) is 0.790. The van der Waals surface area contributed by atoms with Gasteiger partial charge in [0.25, 0.3) is 15.5 Å². The maximum Gasteiger partial charge on any atom is 0.268 e. The molecule has 0 saturated carbocycles. The van der Waals surface area contributed by atoms with E-state index >= 15 is 0 Å². The zero-order valence-corrected chi connectivity index (χ0v) is 9.89. The number of nitrogens with zero attached hydrogens (tertiary/aromatic N) is 2. The van der Waals surface area contributed by atoms with Crippen LogP contribution in [0.1, 0.15) is 17.7 Å². The highest BCUT2D eigenvalue weighted by Gasteiger charge is 2.28. The van der Waals surface area contributed by atoms with Crippen molar-refractivity contribution in [2.45, 2.75) is 11.3 Å². The van der Waals surface area contributed by atoms with Crippen molar-refractivity contribution in [3.05, 3.63) is 17.5 Å². The number of alkyl halides is 2. The summed E-state index contributed by atoms with van der Waals surface area (Å²) in [6.45, 7) is 0. The Hall–Kier alpha value is -1.46. The first-order valence-electron chi connectivity index (χ1n) is 4.02. The van der Waals surface area contributed by atoms with Crippen LogP contribution in [-0.2, 0) is 9.05 Å². The molecule has 1 aromatic rings. The van der Waals surface area contributed by atoms with Crippen molar-refractivity contribution in [1.82, 2.24) is 4.98 Å². The van der Waals surface area contributed by atoms with E-state index < -0.39 is 37.4 Å². The van der Waals surface area contributed by atoms with Gasteiger partial charge in [0, 0.05) is 16.9 Å². The summed E-state index contributed by atoms with van der Waals surface area (Å²) in [4.78, 5) is 2.46. The summed E-state index contributed by atoms with van der Waals surface area (Å²) in [6.07, 6.45) is -2.32. The van der Waals surface area contributed by atoms with Crippen LogP contribution in [0.15, 0.2) is 11.1 Å². The standard InChI is InChI=1S/C8H5ClF2N2O3S/c1-16-6-4(8(10)11)3-13-5(2-12)7(6)17(9,14)15/h3,8H,1H3. The Balaban J connectivity index is 3.75. The van der Waals surface area contributed by atoms with Gasteiger partial charge < -0.3 is 4.74 Å². The second kappa shape index (κ2) is 4.81. The van der Waals surface area contributed by atoms with E-state index in [4.69, 9.17) is 15.9 Å². The summed E-state index contributed by atoms with van der Waals surface area (Å²) in [5.74, 6) is -0.665. The predicted octanol–water partition coefficient (Wildman–Crippen LogP) is 1.83. The van der Waals surface area contributed by atoms with E-state index in [1.54, 1.807) is 0 Å². The summed E-state index contributed by atoms with van der Waals surface area (Å²) < 4.78 is 52.2. The van der Waals surface area contributed by atoms with E-state index in [2.05, 4.69) is 9.72 Å². The van der Waals surface area contributed by atoms with Gasteiger partial charge in [0.1, 0.15) is 6.07 Å². The van der Waals surface area contributed by atoms with Gasteiger partial charge in [-0.2, -0.15) is 5.26 Å². The fourth-order valence-electron chi connectivity index (χ4n) is 1.16. The minimum Gasteiger partial charge on any atom is -0.495 e. The zero-order valence-electron chi connectivity index (χ0n) is 8.32. The molecule has 1 rings (SSSR count). The lowest BCUT2D eigenvalue weighted by Gasteiger charge is -2.11. The van der Waals surface area contributed by atoms with Crippen molar-refractivity contribution >= 4 is 19.7 Å². The van der Waals surface area contributed by atoms with E-state index in [1.165, 1.54) is 6.07 Å². The SMILES string of the molecule is COc1c(C(F)F)cnc(C#N)c1S(=O)(=O)Cl. The summed E-state index contributed by atoms with van der Waals surface area (Å²) >= 11 is 0. The van der Waals surface area contributed by atoms with E-state index in [1.807, 2.05) is 0 Å². The van der Waals surface area contributed by atoms with Crippen molar-refractivity contribution in [3.63, 3.8) is 0 Å². The largest absolute Gasteiger partial charge is 0.495 e. The average molecular weight is 283 g/mol. The number of hydrogen-bond donors (Lipinski definition) is 0. The number of aromatic nitrogens is 1. The molecule has 0 aliphatic carbocycles. The van der Waals surface area contributed by atoms with E-state index in [-0.39, 0.29) is 0 Å². The molecule has 0 aliphatic heterocycles. The van der Waals surface area contributed by atoms with E-state index in [9.17, 15) is 17.2 Å². The minimum atomic E-state index is -4.42. The molecular weight excluding hydrogens is 278 g/mol. The molecule has 0 fully saturated rings. The third kappa shape index (κ3) is 2.62. The number of pyridine rings is 1. The maximum absolute atomic E-state index is 12.6. The highest BCUT2D eigenvalue weighted by molar-refractivity contribution is 8.13. The van der Waals surface area contributed by atoms with Crippen LogP contribution in [0.3, 0.4) is 0 Å². The molecule has 0 aliphatic rings. The van der Waals surface area contributed by atoms with Gasteiger partial charge in [-0.25, -0.2) is 22.2 Å². The molecule has 0 unspecified atom stereocenters. The summed E-state index contributed by atoms with van der Waals surface area (Å²) in [5, 5.41) is 8.65. The molecule has 0 radical (unpaired) electrons. The van der Waals surface area contributed by atoms with E-state index in [0.717, 1.165) is 7.11 Å². The van der Waals surface area contributed by atoms with Crippen LogP contribution in [0, 0.1) is 11.3 Å². The van der Waals surface area contributed by atoms with Crippen molar-refractivity contribution in [2.24, 2.45) is 0 Å². The second-order valence-corrected chi connectivity index (χ2v) is 5.28. The molecule has 1 heterocycles. The highest BCUT2D eigenvalue weighted by Crippen LogP contribution is 2.36. The van der Waals surface area contributed by atoms with Crippen molar-refractivity contribution < 1.29 is 21.9 Å². The average Bonchev–Trinajstić information content (AvgIpc) is 2.25. The minimum absolute atomic E-state index is 0.596. The van der Waals surface area contributed by atoms with Crippen molar-refractivity contribution in [3.8, 4) is 11.8 Å². The maximum atomic E-state index is 12.6. The Morgan fingerprint density at radius 3 is 2.53 bits per heavy atom. The first kappa shape index (κ1) is 13.6. The molecule has 0 saturated heterocycles. The lowest BCUT2D eigenvalue weighted by molar-refractivity contribution is 0.146. The fraction of sp³-hybridized carbons (Fsp3) is 0.250. The van der Waals surface area contributed by atoms with Crippen LogP contribution in [0.25, 0.3) is 0 Å². The molecule has 0 spiro atoms. The molecule has 0 aromatic carbocycles. The van der Waals surface area contributed by atoms with Crippen LogP contribution in [-0.4, -0.2) is 20.5 Å². The van der Waals surface area contributed by atoms with Gasteiger partial charge in [-0.1, -0.05) is 0 Å². The molecule has 5 nitrogen and oxygen atoms in total. The van der Waals surface area contributed by atoms with Gasteiger partial charge in [-0.3, -0.25) is 0 Å². The van der Waals surface area contributed by atoms with Crippen LogP contribution in [0.4, 0.5) is 8.78 Å². The summed E-state index contributed by atoms with van der Waals surface area (Å²) in [5.41, 5.74) is -1.34. The number of halogens is 3. The first-order valence-corrected chi connectivity index (χ1v) is 6.33. The number of hydrogen-bond acceptors (Lipinski definition) is 5. The molecule has 0 atom stereocenters. The molecule has 0 N–H and O–H groups in total. The topological polar surface area (TPSA) is 80.0 Å². The molecule has 17 heavy (non-hydrogen) atoms. The van der Waals surface area contributed by atoms with Crippen LogP contribution in [0.5, 0.6) is 5.75 Å². The zero-order chi connectivity index (χ0) is 13.2. The summed E-state index contributed by atoms with van der Waals surface area (Å²) in [6, 6.07) is 1.44. The lowest BCUT2D eigenvalue weighted by Crippen LogP contribution is -2.05. The Bertz CT molecular complexity index is 583. The first-order chi connectivity index (χ1) is 7.82. The Morgan fingerprint density at radius 2 is 2.18 bits per heavy atom. The lowest BCUT2D eigenvalue weighted by atomic mass is 10.2. The normalized spacial score (nSPS) is 11.3. The molecule has 0 bridgehead atoms. The molecular formula is C8H5ClF2N2O3S.